The monoisotopic (exact) mass is 372 g/mol. The highest BCUT2D eigenvalue weighted by molar-refractivity contribution is 7.11. The summed E-state index contributed by atoms with van der Waals surface area (Å²) >= 11 is 1.79. The second kappa shape index (κ2) is 7.82. The van der Waals surface area contributed by atoms with Gasteiger partial charge >= 0.3 is 0 Å². The van der Waals surface area contributed by atoms with Gasteiger partial charge in [0.15, 0.2) is 5.76 Å². The number of aromatic nitrogens is 3. The van der Waals surface area contributed by atoms with E-state index in [1.807, 2.05) is 0 Å². The van der Waals surface area contributed by atoms with Gasteiger partial charge in [-0.3, -0.25) is 4.79 Å². The minimum Gasteiger partial charge on any atom is -0.461 e. The molecule has 1 aliphatic rings. The second-order valence-electron chi connectivity index (χ2n) is 6.27. The highest BCUT2D eigenvalue weighted by Gasteiger charge is 2.15. The number of nitrogens with zero attached hydrogens (tertiary/aromatic N) is 3. The molecule has 1 N–H and O–H groups in total. The molecule has 0 aromatic carbocycles. The van der Waals surface area contributed by atoms with E-state index in [4.69, 9.17) is 13.9 Å². The van der Waals surface area contributed by atoms with Crippen molar-refractivity contribution in [2.24, 2.45) is 0 Å². The van der Waals surface area contributed by atoms with Crippen molar-refractivity contribution in [3.63, 3.8) is 0 Å². The quantitative estimate of drug-likeness (QED) is 0.685. The molecule has 3 aromatic rings. The average Bonchev–Trinajstić information content (AvgIpc) is 3.38. The van der Waals surface area contributed by atoms with Gasteiger partial charge in [0.05, 0.1) is 17.0 Å². The van der Waals surface area contributed by atoms with Gasteiger partial charge in [-0.15, -0.1) is 11.3 Å². The number of fused-ring (bicyclic) bond motifs is 1. The van der Waals surface area contributed by atoms with E-state index in [1.54, 1.807) is 29.7 Å². The van der Waals surface area contributed by atoms with Gasteiger partial charge in [0.1, 0.15) is 0 Å². The van der Waals surface area contributed by atoms with E-state index in [-0.39, 0.29) is 5.91 Å². The molecule has 0 unspecified atom stereocenters. The van der Waals surface area contributed by atoms with Crippen LogP contribution in [0.4, 0.5) is 0 Å². The van der Waals surface area contributed by atoms with E-state index in [9.17, 15) is 4.79 Å². The molecule has 0 saturated heterocycles. The number of rotatable bonds is 7. The summed E-state index contributed by atoms with van der Waals surface area (Å²) in [6.45, 7) is 0.604. The maximum Gasteiger partial charge on any atom is 0.238 e. The Balaban J connectivity index is 1.20. The summed E-state index contributed by atoms with van der Waals surface area (Å²) in [5, 5.41) is 7.91. The van der Waals surface area contributed by atoms with E-state index in [2.05, 4.69) is 15.5 Å². The topological polar surface area (TPSA) is 94.0 Å². The fraction of sp³-hybridized carbons (Fsp3) is 0.444. The zero-order valence-electron chi connectivity index (χ0n) is 14.4. The molecule has 0 aliphatic heterocycles. The Bertz CT molecular complexity index is 846. The molecule has 7 nitrogen and oxygen atoms in total. The number of thiazole rings is 1. The number of aryl methyl sites for hydroxylation is 3. The van der Waals surface area contributed by atoms with Crippen LogP contribution in [0.2, 0.25) is 0 Å². The Morgan fingerprint density at radius 1 is 1.23 bits per heavy atom. The van der Waals surface area contributed by atoms with Crippen LogP contribution in [0.15, 0.2) is 27.3 Å². The standard InChI is InChI=1S/C18H20N4O3S/c23-15(7-8-16-21-18(22-25-16)13-5-3-11-24-13)19-10-9-17-20-12-4-1-2-6-14(12)26-17/h3,5,11H,1-2,4,6-10H2,(H,19,23). The second-order valence-corrected chi connectivity index (χ2v) is 7.44. The van der Waals surface area contributed by atoms with Gasteiger partial charge in [-0.05, 0) is 37.8 Å². The summed E-state index contributed by atoms with van der Waals surface area (Å²) in [5.74, 6) is 1.36. The van der Waals surface area contributed by atoms with E-state index in [1.165, 1.54) is 23.4 Å². The molecule has 8 heteroatoms. The predicted octanol–water partition coefficient (Wildman–Crippen LogP) is 2.96. The molecule has 136 valence electrons. The fourth-order valence-corrected chi connectivity index (χ4v) is 4.15. The number of furan rings is 1. The normalized spacial score (nSPS) is 13.5. The maximum atomic E-state index is 12.0. The van der Waals surface area contributed by atoms with Crippen molar-refractivity contribution >= 4 is 17.2 Å². The van der Waals surface area contributed by atoms with Crippen molar-refractivity contribution < 1.29 is 13.7 Å². The smallest absolute Gasteiger partial charge is 0.238 e. The van der Waals surface area contributed by atoms with Crippen LogP contribution in [0, 0.1) is 0 Å². The number of carbonyl (C=O) groups is 1. The minimum atomic E-state index is -0.0240. The van der Waals surface area contributed by atoms with Crippen molar-refractivity contribution in [1.82, 2.24) is 20.4 Å². The number of hydrogen-bond acceptors (Lipinski definition) is 7. The van der Waals surface area contributed by atoms with Gasteiger partial charge in [0.25, 0.3) is 0 Å². The van der Waals surface area contributed by atoms with Crippen molar-refractivity contribution in [2.75, 3.05) is 6.54 Å². The molecule has 4 rings (SSSR count). The maximum absolute atomic E-state index is 12.0. The molecular formula is C18H20N4O3S. The number of amides is 1. The summed E-state index contributed by atoms with van der Waals surface area (Å²) in [6, 6.07) is 3.52. The van der Waals surface area contributed by atoms with Crippen molar-refractivity contribution in [3.8, 4) is 11.6 Å². The molecule has 3 aromatic heterocycles. The zero-order valence-corrected chi connectivity index (χ0v) is 15.2. The Morgan fingerprint density at radius 2 is 2.15 bits per heavy atom. The molecule has 26 heavy (non-hydrogen) atoms. The summed E-state index contributed by atoms with van der Waals surface area (Å²) < 4.78 is 10.4. The molecule has 1 amide bonds. The lowest BCUT2D eigenvalue weighted by Gasteiger charge is -2.06. The lowest BCUT2D eigenvalue weighted by Crippen LogP contribution is -2.25. The first kappa shape index (κ1) is 17.0. The Morgan fingerprint density at radius 3 is 3.00 bits per heavy atom. The SMILES string of the molecule is O=C(CCc1nc(-c2ccco2)no1)NCCc1nc2c(s1)CCCC2. The number of nitrogens with one attached hydrogen (secondary N) is 1. The summed E-state index contributed by atoms with van der Waals surface area (Å²) in [6.07, 6.45) is 7.82. The molecular weight excluding hydrogens is 352 g/mol. The Hall–Kier alpha value is -2.48. The first-order valence-electron chi connectivity index (χ1n) is 8.88. The van der Waals surface area contributed by atoms with Gasteiger partial charge in [-0.1, -0.05) is 5.16 Å². The molecule has 0 radical (unpaired) electrons. The summed E-state index contributed by atoms with van der Waals surface area (Å²) in [4.78, 5) is 22.4. The number of hydrogen-bond donors (Lipinski definition) is 1. The minimum absolute atomic E-state index is 0.0240. The van der Waals surface area contributed by atoms with Crippen molar-refractivity contribution in [2.45, 2.75) is 44.9 Å². The van der Waals surface area contributed by atoms with Gasteiger partial charge in [0.2, 0.25) is 17.6 Å². The van der Waals surface area contributed by atoms with Gasteiger partial charge < -0.3 is 14.3 Å². The molecule has 0 bridgehead atoms. The van der Waals surface area contributed by atoms with Crippen LogP contribution < -0.4 is 5.32 Å². The number of carbonyl (C=O) groups excluding carboxylic acids is 1. The first-order chi connectivity index (χ1) is 12.8. The molecule has 0 spiro atoms. The van der Waals surface area contributed by atoms with Crippen LogP contribution in [-0.4, -0.2) is 27.6 Å². The van der Waals surface area contributed by atoms with E-state index in [0.717, 1.165) is 24.3 Å². The molecule has 0 fully saturated rings. The van der Waals surface area contributed by atoms with E-state index >= 15 is 0 Å². The largest absolute Gasteiger partial charge is 0.461 e. The predicted molar refractivity (Wildman–Crippen MR) is 95.8 cm³/mol. The van der Waals surface area contributed by atoms with E-state index < -0.39 is 0 Å². The van der Waals surface area contributed by atoms with Crippen LogP contribution in [-0.2, 0) is 30.5 Å². The van der Waals surface area contributed by atoms with Gasteiger partial charge in [-0.2, -0.15) is 4.98 Å². The Kier molecular flexibility index (Phi) is 5.10. The van der Waals surface area contributed by atoms with Crippen LogP contribution >= 0.6 is 11.3 Å². The van der Waals surface area contributed by atoms with Crippen LogP contribution in [0.5, 0.6) is 0 Å². The van der Waals surface area contributed by atoms with Crippen LogP contribution in [0.25, 0.3) is 11.6 Å². The molecule has 1 aliphatic carbocycles. The third-order valence-electron chi connectivity index (χ3n) is 4.33. The summed E-state index contributed by atoms with van der Waals surface area (Å²) in [5.41, 5.74) is 1.27. The fourth-order valence-electron chi connectivity index (χ4n) is 2.99. The first-order valence-corrected chi connectivity index (χ1v) is 9.70. The highest BCUT2D eigenvalue weighted by Crippen LogP contribution is 2.26. The van der Waals surface area contributed by atoms with Crippen LogP contribution in [0.3, 0.4) is 0 Å². The lowest BCUT2D eigenvalue weighted by molar-refractivity contribution is -0.121. The van der Waals surface area contributed by atoms with Crippen molar-refractivity contribution in [3.05, 3.63) is 39.9 Å². The highest BCUT2D eigenvalue weighted by atomic mass is 32.1. The zero-order chi connectivity index (χ0) is 17.8. The summed E-state index contributed by atoms with van der Waals surface area (Å²) in [7, 11) is 0. The van der Waals surface area contributed by atoms with Gasteiger partial charge in [0, 0.05) is 30.7 Å². The van der Waals surface area contributed by atoms with E-state index in [0.29, 0.717) is 36.9 Å². The van der Waals surface area contributed by atoms with Gasteiger partial charge in [-0.25, -0.2) is 4.98 Å². The average molecular weight is 372 g/mol. The van der Waals surface area contributed by atoms with Crippen LogP contribution in [0.1, 0.15) is 40.7 Å². The Labute approximate surface area is 154 Å². The lowest BCUT2D eigenvalue weighted by atomic mass is 10.0. The molecule has 0 saturated carbocycles. The van der Waals surface area contributed by atoms with Crippen molar-refractivity contribution in [1.29, 1.82) is 0 Å². The molecule has 0 atom stereocenters. The third kappa shape index (κ3) is 4.01. The molecule has 3 heterocycles. The third-order valence-corrected chi connectivity index (χ3v) is 5.54.